The van der Waals surface area contributed by atoms with Gasteiger partial charge >= 0.3 is 0 Å². The Bertz CT molecular complexity index is 1300. The number of benzene rings is 3. The van der Waals surface area contributed by atoms with Crippen molar-refractivity contribution in [3.8, 4) is 0 Å². The molecule has 0 aliphatic rings. The summed E-state index contributed by atoms with van der Waals surface area (Å²) in [6.45, 7) is 0.287. The molecule has 3 aromatic carbocycles. The van der Waals surface area contributed by atoms with E-state index in [0.717, 1.165) is 0 Å². The molecule has 0 saturated carbocycles. The van der Waals surface area contributed by atoms with Crippen LogP contribution in [0.1, 0.15) is 26.5 Å². The highest BCUT2D eigenvalue weighted by Crippen LogP contribution is 2.17. The zero-order chi connectivity index (χ0) is 24.5. The van der Waals surface area contributed by atoms with Gasteiger partial charge in [0.1, 0.15) is 5.76 Å². The van der Waals surface area contributed by atoms with Crippen LogP contribution in [-0.4, -0.2) is 24.3 Å². The molecule has 1 aromatic heterocycles. The molecule has 8 heteroatoms. The number of carbonyl (C=O) groups excluding carboxylic acids is 3. The van der Waals surface area contributed by atoms with Gasteiger partial charge in [0.15, 0.2) is 0 Å². The molecule has 0 atom stereocenters. The number of anilines is 3. The first-order chi connectivity index (χ1) is 17.1. The lowest BCUT2D eigenvalue weighted by Gasteiger charge is -2.11. The van der Waals surface area contributed by atoms with Crippen LogP contribution < -0.4 is 21.3 Å². The van der Waals surface area contributed by atoms with Gasteiger partial charge in [-0.2, -0.15) is 0 Å². The molecule has 0 aliphatic carbocycles. The minimum atomic E-state index is -0.274. The van der Waals surface area contributed by atoms with Gasteiger partial charge in [0.25, 0.3) is 11.8 Å². The molecule has 176 valence electrons. The Morgan fingerprint density at radius 2 is 1.37 bits per heavy atom. The van der Waals surface area contributed by atoms with Gasteiger partial charge in [-0.1, -0.05) is 30.3 Å². The van der Waals surface area contributed by atoms with Crippen molar-refractivity contribution in [1.29, 1.82) is 0 Å². The van der Waals surface area contributed by atoms with E-state index in [4.69, 9.17) is 4.42 Å². The van der Waals surface area contributed by atoms with E-state index in [0.29, 0.717) is 33.9 Å². The summed E-state index contributed by atoms with van der Waals surface area (Å²) in [6, 6.07) is 26.2. The number of carbonyl (C=O) groups is 3. The van der Waals surface area contributed by atoms with Crippen molar-refractivity contribution in [2.24, 2.45) is 0 Å². The molecule has 0 aliphatic heterocycles. The summed E-state index contributed by atoms with van der Waals surface area (Å²) in [4.78, 5) is 37.2. The Balaban J connectivity index is 1.28. The molecule has 8 nitrogen and oxygen atoms in total. The minimum Gasteiger partial charge on any atom is -0.467 e. The largest absolute Gasteiger partial charge is 0.467 e. The third-order valence-corrected chi connectivity index (χ3v) is 5.02. The van der Waals surface area contributed by atoms with Crippen molar-refractivity contribution in [2.75, 3.05) is 22.5 Å². The summed E-state index contributed by atoms with van der Waals surface area (Å²) >= 11 is 0. The topological polar surface area (TPSA) is 112 Å². The third kappa shape index (κ3) is 6.82. The van der Waals surface area contributed by atoms with Crippen molar-refractivity contribution in [3.63, 3.8) is 0 Å². The standard InChI is InChI=1S/C27H24N4O4/c32-25(30-22-11-5-12-23(16-22)31-27(34)19-7-2-1-3-8-19)18-28-21-10-4-9-20(15-21)26(33)29-17-24-13-6-14-35-24/h1-16,28H,17-18H2,(H,29,33)(H,30,32)(H,31,34). The fraction of sp³-hybridized carbons (Fsp3) is 0.0741. The monoisotopic (exact) mass is 468 g/mol. The van der Waals surface area contributed by atoms with Crippen molar-refractivity contribution in [3.05, 3.63) is 114 Å². The summed E-state index contributed by atoms with van der Waals surface area (Å²) in [5.74, 6) is -0.0927. The van der Waals surface area contributed by atoms with E-state index in [9.17, 15) is 14.4 Å². The molecule has 4 N–H and O–H groups in total. The molecule has 0 radical (unpaired) electrons. The lowest BCUT2D eigenvalue weighted by molar-refractivity contribution is -0.114. The van der Waals surface area contributed by atoms with Crippen molar-refractivity contribution in [2.45, 2.75) is 6.54 Å². The molecule has 1 heterocycles. The fourth-order valence-corrected chi connectivity index (χ4v) is 3.31. The van der Waals surface area contributed by atoms with Crippen LogP contribution in [-0.2, 0) is 11.3 Å². The minimum absolute atomic E-state index is 0.00191. The summed E-state index contributed by atoms with van der Waals surface area (Å²) in [7, 11) is 0. The van der Waals surface area contributed by atoms with E-state index < -0.39 is 0 Å². The van der Waals surface area contributed by atoms with Crippen LogP contribution >= 0.6 is 0 Å². The lowest BCUT2D eigenvalue weighted by atomic mass is 10.2. The second kappa shape index (κ2) is 11.3. The first-order valence-corrected chi connectivity index (χ1v) is 11.0. The molecule has 0 spiro atoms. The normalized spacial score (nSPS) is 10.3. The number of furan rings is 1. The van der Waals surface area contributed by atoms with Gasteiger partial charge in [-0.3, -0.25) is 14.4 Å². The van der Waals surface area contributed by atoms with E-state index in [-0.39, 0.29) is 30.8 Å². The highest BCUT2D eigenvalue weighted by atomic mass is 16.3. The molecule has 0 bridgehead atoms. The van der Waals surface area contributed by atoms with Crippen LogP contribution in [0.15, 0.2) is 102 Å². The van der Waals surface area contributed by atoms with Crippen LogP contribution in [0.2, 0.25) is 0 Å². The van der Waals surface area contributed by atoms with Gasteiger partial charge in [0.2, 0.25) is 5.91 Å². The van der Waals surface area contributed by atoms with E-state index in [1.165, 1.54) is 0 Å². The van der Waals surface area contributed by atoms with Gasteiger partial charge in [-0.25, -0.2) is 0 Å². The number of nitrogens with one attached hydrogen (secondary N) is 4. The molecule has 4 aromatic rings. The highest BCUT2D eigenvalue weighted by Gasteiger charge is 2.09. The molecular formula is C27H24N4O4. The molecule has 3 amide bonds. The van der Waals surface area contributed by atoms with Crippen molar-refractivity contribution < 1.29 is 18.8 Å². The summed E-state index contributed by atoms with van der Waals surface area (Å²) < 4.78 is 5.21. The fourth-order valence-electron chi connectivity index (χ4n) is 3.31. The van der Waals surface area contributed by atoms with Crippen molar-refractivity contribution >= 4 is 34.8 Å². The molecule has 0 unspecified atom stereocenters. The number of hydrogen-bond donors (Lipinski definition) is 4. The zero-order valence-electron chi connectivity index (χ0n) is 18.8. The Kier molecular flexibility index (Phi) is 7.55. The first-order valence-electron chi connectivity index (χ1n) is 11.0. The molecule has 4 rings (SSSR count). The Morgan fingerprint density at radius 1 is 0.657 bits per heavy atom. The second-order valence-electron chi connectivity index (χ2n) is 7.65. The van der Waals surface area contributed by atoms with Crippen molar-refractivity contribution in [1.82, 2.24) is 5.32 Å². The van der Waals surface area contributed by atoms with Crippen LogP contribution in [0.5, 0.6) is 0 Å². The predicted octanol–water partition coefficient (Wildman–Crippen LogP) is 4.51. The summed E-state index contributed by atoms with van der Waals surface area (Å²) in [6.07, 6.45) is 1.55. The number of hydrogen-bond acceptors (Lipinski definition) is 5. The molecular weight excluding hydrogens is 444 g/mol. The maximum Gasteiger partial charge on any atom is 0.255 e. The highest BCUT2D eigenvalue weighted by molar-refractivity contribution is 6.04. The lowest BCUT2D eigenvalue weighted by Crippen LogP contribution is -2.23. The smallest absolute Gasteiger partial charge is 0.255 e. The van der Waals surface area contributed by atoms with Gasteiger partial charge in [0.05, 0.1) is 19.4 Å². The maximum atomic E-state index is 12.4. The SMILES string of the molecule is O=C(CNc1cccc(C(=O)NCc2ccco2)c1)Nc1cccc(NC(=O)c2ccccc2)c1. The number of rotatable bonds is 9. The van der Waals surface area contributed by atoms with E-state index in [1.807, 2.05) is 6.07 Å². The average Bonchev–Trinajstić information content (AvgIpc) is 3.41. The van der Waals surface area contributed by atoms with Crippen LogP contribution in [0, 0.1) is 0 Å². The Hall–Kier alpha value is -4.85. The molecule has 0 fully saturated rings. The summed E-state index contributed by atoms with van der Waals surface area (Å²) in [5.41, 5.74) is 2.76. The second-order valence-corrected chi connectivity index (χ2v) is 7.65. The van der Waals surface area contributed by atoms with Gasteiger partial charge < -0.3 is 25.7 Å². The number of amides is 3. The summed E-state index contributed by atoms with van der Waals surface area (Å²) in [5, 5.41) is 11.4. The Morgan fingerprint density at radius 3 is 2.14 bits per heavy atom. The van der Waals surface area contributed by atoms with E-state index in [2.05, 4.69) is 21.3 Å². The van der Waals surface area contributed by atoms with Gasteiger partial charge in [0, 0.05) is 28.2 Å². The molecule has 35 heavy (non-hydrogen) atoms. The predicted molar refractivity (Wildman–Crippen MR) is 134 cm³/mol. The zero-order valence-corrected chi connectivity index (χ0v) is 18.8. The average molecular weight is 469 g/mol. The van der Waals surface area contributed by atoms with Gasteiger partial charge in [-0.05, 0) is 60.7 Å². The molecule has 0 saturated heterocycles. The maximum absolute atomic E-state index is 12.4. The van der Waals surface area contributed by atoms with E-state index in [1.54, 1.807) is 91.2 Å². The van der Waals surface area contributed by atoms with Crippen LogP contribution in [0.3, 0.4) is 0 Å². The Labute approximate surface area is 202 Å². The quantitative estimate of drug-likeness (QED) is 0.289. The first kappa shape index (κ1) is 23.3. The van der Waals surface area contributed by atoms with E-state index >= 15 is 0 Å². The third-order valence-electron chi connectivity index (χ3n) is 5.02. The van der Waals surface area contributed by atoms with Crippen LogP contribution in [0.4, 0.5) is 17.1 Å². The van der Waals surface area contributed by atoms with Crippen LogP contribution in [0.25, 0.3) is 0 Å². The van der Waals surface area contributed by atoms with Gasteiger partial charge in [-0.15, -0.1) is 0 Å².